The predicted molar refractivity (Wildman–Crippen MR) is 169 cm³/mol. The molecule has 15 atom stereocenters. The molecule has 3 saturated heterocycles. The third-order valence-electron chi connectivity index (χ3n) is 8.06. The molecule has 27 nitrogen and oxygen atoms in total. The van der Waals surface area contributed by atoms with E-state index >= 15 is 0 Å². The fraction of sp³-hybridized carbons (Fsp3) is 1.00. The largest absolute Gasteiger partial charge is 0.397 e. The smallest absolute Gasteiger partial charge is 0.388 e. The van der Waals surface area contributed by atoms with Gasteiger partial charge in [-0.1, -0.05) is 0 Å². The number of aliphatic hydroxyl groups excluding tert-OH is 4. The van der Waals surface area contributed by atoms with Crippen LogP contribution in [0.3, 0.4) is 0 Å². The number of aliphatic hydroxyl groups is 4. The van der Waals surface area contributed by atoms with Crippen molar-refractivity contribution in [1.82, 2.24) is 4.72 Å². The van der Waals surface area contributed by atoms with Crippen molar-refractivity contribution in [3.05, 3.63) is 0 Å². The fourth-order valence-electron chi connectivity index (χ4n) is 5.64. The van der Waals surface area contributed by atoms with Crippen molar-refractivity contribution in [2.45, 2.75) is 125 Å². The number of nitrogens with one attached hydrogen (secondary N) is 1. The van der Waals surface area contributed by atoms with Crippen LogP contribution < -0.4 is 10.5 Å². The molecule has 320 valence electrons. The van der Waals surface area contributed by atoms with E-state index in [4.69, 9.17) is 34.2 Å². The van der Waals surface area contributed by atoms with Crippen LogP contribution in [0.5, 0.6) is 0 Å². The first-order chi connectivity index (χ1) is 24.7. The molecule has 0 aromatic rings. The minimum Gasteiger partial charge on any atom is -0.388 e. The highest BCUT2D eigenvalue weighted by molar-refractivity contribution is 7.83. The maximum absolute atomic E-state index is 12.0. The molecule has 0 amide bonds. The molecule has 0 aliphatic carbocycles. The summed E-state index contributed by atoms with van der Waals surface area (Å²) in [5, 5.41) is 43.3. The van der Waals surface area contributed by atoms with E-state index in [2.05, 4.69) is 12.5 Å². The number of hydrogen-bond acceptors (Lipinski definition) is 22. The van der Waals surface area contributed by atoms with Gasteiger partial charge in [0.1, 0.15) is 48.8 Å². The van der Waals surface area contributed by atoms with E-state index in [1.807, 2.05) is 0 Å². The fourth-order valence-corrected chi connectivity index (χ4v) is 7.51. The van der Waals surface area contributed by atoms with Crippen LogP contribution in [-0.4, -0.2) is 184 Å². The van der Waals surface area contributed by atoms with E-state index in [0.717, 1.165) is 6.92 Å². The number of hydrogen-bond donors (Lipinski definition) is 10. The maximum Gasteiger partial charge on any atom is 0.397 e. The van der Waals surface area contributed by atoms with Gasteiger partial charge in [0.15, 0.2) is 31.1 Å². The Kier molecular flexibility index (Phi) is 16.9. The van der Waals surface area contributed by atoms with E-state index in [1.54, 1.807) is 0 Å². The van der Waals surface area contributed by atoms with Crippen LogP contribution in [0.15, 0.2) is 0 Å². The average Bonchev–Trinajstić information content (AvgIpc) is 3.01. The van der Waals surface area contributed by atoms with Gasteiger partial charge in [-0.15, -0.1) is 0 Å². The molecule has 0 spiro atoms. The summed E-state index contributed by atoms with van der Waals surface area (Å²) in [6.45, 7) is 1.32. The van der Waals surface area contributed by atoms with Gasteiger partial charge in [0.2, 0.25) is 0 Å². The molecule has 11 N–H and O–H groups in total. The zero-order chi connectivity index (χ0) is 41.0. The summed E-state index contributed by atoms with van der Waals surface area (Å²) >= 11 is 0. The number of rotatable bonds is 19. The van der Waals surface area contributed by atoms with E-state index in [0.29, 0.717) is 25.8 Å². The zero-order valence-corrected chi connectivity index (χ0v) is 31.4. The lowest BCUT2D eigenvalue weighted by Crippen LogP contribution is -2.69. The van der Waals surface area contributed by atoms with Crippen molar-refractivity contribution in [2.24, 2.45) is 5.73 Å². The third kappa shape index (κ3) is 14.1. The second kappa shape index (κ2) is 19.2. The van der Waals surface area contributed by atoms with Gasteiger partial charge < -0.3 is 54.6 Å². The SMILES string of the molecule is CC1O[C@@H](O[C@@H]2C(COS(=O)(=O)O)O[C@H](O[C@@H]3C(C)O[C@@H](OCCCCCN)C(OS(=O)(=O)O)[C@@H]3O)C(NS(=O)(=O)O)[C@H]2O)C(OS(=O)(=O)O)[C@H](O)[C@@H]1O. The molecule has 3 aliphatic heterocycles. The number of ether oxygens (including phenoxy) is 6. The Hall–Kier alpha value is -0.960. The van der Waals surface area contributed by atoms with E-state index in [-0.39, 0.29) is 6.61 Å². The number of unbranched alkanes of at least 4 members (excludes halogenated alkanes) is 2. The monoisotopic (exact) mass is 876 g/mol. The topological polar surface area (TPSA) is 420 Å². The van der Waals surface area contributed by atoms with Crippen molar-refractivity contribution in [3.8, 4) is 0 Å². The van der Waals surface area contributed by atoms with E-state index < -0.39 is 140 Å². The molecule has 3 aliphatic rings. The zero-order valence-electron chi connectivity index (χ0n) is 28.1. The van der Waals surface area contributed by atoms with Gasteiger partial charge in [-0.25, -0.2) is 12.5 Å². The van der Waals surface area contributed by atoms with Crippen molar-refractivity contribution in [1.29, 1.82) is 0 Å². The first-order valence-electron chi connectivity index (χ1n) is 15.7. The van der Waals surface area contributed by atoms with Crippen molar-refractivity contribution < 1.29 is 113 Å². The van der Waals surface area contributed by atoms with Gasteiger partial charge >= 0.3 is 41.5 Å². The summed E-state index contributed by atoms with van der Waals surface area (Å²) in [5.41, 5.74) is 5.45. The van der Waals surface area contributed by atoms with Gasteiger partial charge in [-0.2, -0.15) is 38.4 Å². The first kappa shape index (κ1) is 47.4. The molecule has 3 rings (SSSR count). The van der Waals surface area contributed by atoms with Gasteiger partial charge in [-0.05, 0) is 39.7 Å². The highest BCUT2D eigenvalue weighted by atomic mass is 32.3. The maximum atomic E-state index is 12.0. The van der Waals surface area contributed by atoms with Crippen LogP contribution in [0, 0.1) is 0 Å². The highest BCUT2D eigenvalue weighted by Gasteiger charge is 2.55. The second-order valence-electron chi connectivity index (χ2n) is 12.2. The van der Waals surface area contributed by atoms with E-state index in [9.17, 15) is 72.3 Å². The van der Waals surface area contributed by atoms with Crippen molar-refractivity contribution in [2.75, 3.05) is 19.8 Å². The summed E-state index contributed by atoms with van der Waals surface area (Å²) in [4.78, 5) is 0. The molecule has 0 aromatic heterocycles. The Labute approximate surface area is 309 Å². The van der Waals surface area contributed by atoms with Gasteiger partial charge in [0.25, 0.3) is 0 Å². The molecular weight excluding hydrogens is 833 g/mol. The Morgan fingerprint density at radius 2 is 1.17 bits per heavy atom. The molecular formula is C23H44N2O25S4. The van der Waals surface area contributed by atoms with Crippen LogP contribution in [0.1, 0.15) is 33.1 Å². The minimum atomic E-state index is -5.45. The quantitative estimate of drug-likeness (QED) is 0.0427. The molecule has 54 heavy (non-hydrogen) atoms. The molecule has 3 heterocycles. The molecule has 3 fully saturated rings. The van der Waals surface area contributed by atoms with Crippen LogP contribution in [0.4, 0.5) is 0 Å². The lowest BCUT2D eigenvalue weighted by atomic mass is 9.95. The Bertz CT molecular complexity index is 1650. The Balaban J connectivity index is 2.00. The van der Waals surface area contributed by atoms with Crippen LogP contribution >= 0.6 is 0 Å². The minimum absolute atomic E-state index is 0.0777. The number of nitrogens with two attached hydrogens (primary N) is 1. The van der Waals surface area contributed by atoms with Crippen LogP contribution in [-0.2, 0) is 82.5 Å². The summed E-state index contributed by atoms with van der Waals surface area (Å²) in [7, 11) is -21.5. The van der Waals surface area contributed by atoms with Gasteiger partial charge in [0.05, 0.1) is 18.8 Å². The van der Waals surface area contributed by atoms with E-state index in [1.165, 1.54) is 11.6 Å². The summed E-state index contributed by atoms with van der Waals surface area (Å²) in [6.07, 6.45) is -26.7. The summed E-state index contributed by atoms with van der Waals surface area (Å²) < 4.78 is 179. The third-order valence-corrected chi connectivity index (χ3v) is 9.99. The van der Waals surface area contributed by atoms with Crippen molar-refractivity contribution >= 4 is 41.5 Å². The standard InChI is InChI=1S/C23H44N2O25S4/c1-9-13(26)15(28)19(49-53(36,37)38)23(44-9)48-18-11(8-43-52(33,34)35)46-21(12(14(18)27)25-51(30,31)32)47-17-10(2)45-22(42-7-5-3-4-6-24)20(16(17)29)50-54(39,40)41/h9-23,25-29H,3-8,24H2,1-2H3,(H,30,31,32)(H,33,34,35)(H,36,37,38)(H,39,40,41)/t9?,10?,11?,12?,13-,14-,15-,16-,17-,18-,19?,20?,21-,22-,23+/m1/s1. The molecule has 0 bridgehead atoms. The predicted octanol–water partition coefficient (Wildman–Crippen LogP) is -5.48. The molecule has 0 radical (unpaired) electrons. The second-order valence-corrected chi connectivity index (χ2v) is 16.5. The summed E-state index contributed by atoms with van der Waals surface area (Å²) in [5.74, 6) is 0. The summed E-state index contributed by atoms with van der Waals surface area (Å²) in [6, 6.07) is -2.29. The van der Waals surface area contributed by atoms with Gasteiger partial charge in [-0.3, -0.25) is 18.2 Å². The van der Waals surface area contributed by atoms with Crippen LogP contribution in [0.25, 0.3) is 0 Å². The Morgan fingerprint density at radius 3 is 1.70 bits per heavy atom. The Morgan fingerprint density at radius 1 is 0.611 bits per heavy atom. The molecule has 0 aromatic carbocycles. The lowest BCUT2D eigenvalue weighted by molar-refractivity contribution is -0.359. The molecule has 0 saturated carbocycles. The first-order valence-corrected chi connectivity index (χ1v) is 21.2. The van der Waals surface area contributed by atoms with Crippen LogP contribution in [0.2, 0.25) is 0 Å². The van der Waals surface area contributed by atoms with Gasteiger partial charge in [0, 0.05) is 6.61 Å². The lowest BCUT2D eigenvalue weighted by Gasteiger charge is -2.49. The molecule has 31 heteroatoms. The normalized spacial score (nSPS) is 38.7. The highest BCUT2D eigenvalue weighted by Crippen LogP contribution is 2.35. The molecule has 6 unspecified atom stereocenters. The van der Waals surface area contributed by atoms with Crippen molar-refractivity contribution in [3.63, 3.8) is 0 Å². The average molecular weight is 877 g/mol.